The van der Waals surface area contributed by atoms with Crippen molar-refractivity contribution in [2.75, 3.05) is 18.0 Å². The van der Waals surface area contributed by atoms with Gasteiger partial charge in [-0.05, 0) is 74.2 Å². The first-order valence-corrected chi connectivity index (χ1v) is 12.4. The molecule has 37 heavy (non-hydrogen) atoms. The maximum Gasteiger partial charge on any atom is 0.418 e. The molecule has 0 spiro atoms. The zero-order valence-corrected chi connectivity index (χ0v) is 20.7. The Labute approximate surface area is 212 Å². The van der Waals surface area contributed by atoms with Crippen LogP contribution in [0.1, 0.15) is 42.9 Å². The van der Waals surface area contributed by atoms with Crippen LogP contribution in [0.3, 0.4) is 0 Å². The Balaban J connectivity index is 1.73. The molecule has 0 radical (unpaired) electrons. The van der Waals surface area contributed by atoms with Crippen LogP contribution in [0.4, 0.5) is 18.9 Å². The molecule has 2 aromatic carbocycles. The van der Waals surface area contributed by atoms with Gasteiger partial charge < -0.3 is 9.32 Å². The van der Waals surface area contributed by atoms with E-state index in [4.69, 9.17) is 4.42 Å². The molecule has 3 heterocycles. The number of oxazole rings is 1. The molecule has 5 rings (SSSR count). The number of rotatable bonds is 6. The van der Waals surface area contributed by atoms with Gasteiger partial charge in [-0.3, -0.25) is 4.79 Å². The third-order valence-electron chi connectivity index (χ3n) is 6.58. The van der Waals surface area contributed by atoms with Gasteiger partial charge in [-0.15, -0.1) is 0 Å². The van der Waals surface area contributed by atoms with Gasteiger partial charge >= 0.3 is 6.18 Å². The Morgan fingerprint density at radius 1 is 1.03 bits per heavy atom. The average Bonchev–Trinajstić information content (AvgIpc) is 3.59. The second-order valence-electron chi connectivity index (χ2n) is 9.37. The quantitative estimate of drug-likeness (QED) is 0.300. The highest BCUT2D eigenvalue weighted by atomic mass is 19.4. The summed E-state index contributed by atoms with van der Waals surface area (Å²) in [6.45, 7) is 5.37. The summed E-state index contributed by atoms with van der Waals surface area (Å²) in [5, 5.41) is 4.50. The molecule has 0 unspecified atom stereocenters. The van der Waals surface area contributed by atoms with Gasteiger partial charge in [0.05, 0.1) is 23.1 Å². The van der Waals surface area contributed by atoms with E-state index in [0.717, 1.165) is 47.8 Å². The number of hydrogen-bond acceptors (Lipinski definition) is 5. The SMILES string of the molecule is CCCc1cc(-c2cc(C)cc(-c3cnco3)c2)nn(-c2cc(N3CCCC3)ccc2C(F)(F)F)c1=O. The Bertz CT molecular complexity index is 1470. The molecule has 0 bridgehead atoms. The highest BCUT2D eigenvalue weighted by molar-refractivity contribution is 5.70. The third-order valence-corrected chi connectivity index (χ3v) is 6.58. The molecule has 6 nitrogen and oxygen atoms in total. The fraction of sp³-hybridized carbons (Fsp3) is 0.321. The van der Waals surface area contributed by atoms with Crippen LogP contribution in [0.25, 0.3) is 28.3 Å². The van der Waals surface area contributed by atoms with Crippen LogP contribution in [0, 0.1) is 6.92 Å². The van der Waals surface area contributed by atoms with Crippen molar-refractivity contribution in [2.45, 2.75) is 45.7 Å². The summed E-state index contributed by atoms with van der Waals surface area (Å²) in [6, 6.07) is 11.3. The number of alkyl halides is 3. The van der Waals surface area contributed by atoms with Crippen LogP contribution >= 0.6 is 0 Å². The monoisotopic (exact) mass is 508 g/mol. The van der Waals surface area contributed by atoms with Crippen LogP contribution < -0.4 is 10.5 Å². The number of hydrogen-bond donors (Lipinski definition) is 0. The molecule has 192 valence electrons. The van der Waals surface area contributed by atoms with Crippen molar-refractivity contribution in [1.29, 1.82) is 0 Å². The molecule has 0 aliphatic carbocycles. The highest BCUT2D eigenvalue weighted by Gasteiger charge is 2.35. The fourth-order valence-corrected chi connectivity index (χ4v) is 4.84. The van der Waals surface area contributed by atoms with Crippen molar-refractivity contribution in [3.63, 3.8) is 0 Å². The van der Waals surface area contributed by atoms with Crippen LogP contribution in [-0.4, -0.2) is 27.9 Å². The first kappa shape index (κ1) is 24.8. The second-order valence-corrected chi connectivity index (χ2v) is 9.37. The van der Waals surface area contributed by atoms with E-state index in [1.165, 1.54) is 18.5 Å². The smallest absolute Gasteiger partial charge is 0.418 e. The number of aryl methyl sites for hydroxylation is 2. The minimum atomic E-state index is -4.65. The van der Waals surface area contributed by atoms with E-state index in [1.54, 1.807) is 12.3 Å². The second kappa shape index (κ2) is 9.88. The van der Waals surface area contributed by atoms with E-state index in [0.29, 0.717) is 41.1 Å². The summed E-state index contributed by atoms with van der Waals surface area (Å²) >= 11 is 0. The molecular weight excluding hydrogens is 481 g/mol. The third kappa shape index (κ3) is 5.03. The topological polar surface area (TPSA) is 64.2 Å². The van der Waals surface area contributed by atoms with Crippen LogP contribution in [0.5, 0.6) is 0 Å². The predicted octanol–water partition coefficient (Wildman–Crippen LogP) is 6.43. The highest BCUT2D eigenvalue weighted by Crippen LogP contribution is 2.36. The number of anilines is 1. The molecule has 1 aliphatic rings. The van der Waals surface area contributed by atoms with Crippen molar-refractivity contribution in [3.05, 3.63) is 82.1 Å². The van der Waals surface area contributed by atoms with Gasteiger partial charge in [0, 0.05) is 35.5 Å². The van der Waals surface area contributed by atoms with Gasteiger partial charge in [0.25, 0.3) is 5.56 Å². The molecule has 1 saturated heterocycles. The zero-order chi connectivity index (χ0) is 26.2. The van der Waals surface area contributed by atoms with Gasteiger partial charge in [0.15, 0.2) is 12.2 Å². The normalized spacial score (nSPS) is 13.9. The van der Waals surface area contributed by atoms with E-state index in [2.05, 4.69) is 10.1 Å². The summed E-state index contributed by atoms with van der Waals surface area (Å²) in [6.07, 6.45) is 1.31. The largest absolute Gasteiger partial charge is 0.444 e. The Morgan fingerprint density at radius 3 is 2.46 bits per heavy atom. The summed E-state index contributed by atoms with van der Waals surface area (Å²) < 4.78 is 48.8. The van der Waals surface area contributed by atoms with E-state index in [-0.39, 0.29) is 5.69 Å². The van der Waals surface area contributed by atoms with Crippen LogP contribution in [0.15, 0.2) is 64.3 Å². The van der Waals surface area contributed by atoms with Gasteiger partial charge in [-0.25, -0.2) is 4.98 Å². The molecule has 1 aliphatic heterocycles. The lowest BCUT2D eigenvalue weighted by Gasteiger charge is -2.22. The summed E-state index contributed by atoms with van der Waals surface area (Å²) in [5.74, 6) is 0.560. The standard InChI is InChI=1S/C28H27F3N4O2/c1-3-6-19-14-24(20-11-18(2)12-21(13-20)26-16-32-17-37-26)33-35(27(19)36)25-15-22(34-9-4-5-10-34)7-8-23(25)28(29,30)31/h7-8,11-17H,3-6,9-10H2,1-2H3. The van der Waals surface area contributed by atoms with E-state index in [1.807, 2.05) is 36.9 Å². The number of halogens is 3. The van der Waals surface area contributed by atoms with Crippen molar-refractivity contribution < 1.29 is 17.6 Å². The van der Waals surface area contributed by atoms with Crippen LogP contribution in [-0.2, 0) is 12.6 Å². The number of aromatic nitrogens is 3. The molecule has 0 N–H and O–H groups in total. The zero-order valence-electron chi connectivity index (χ0n) is 20.7. The molecule has 0 amide bonds. The maximum absolute atomic E-state index is 14.1. The average molecular weight is 509 g/mol. The first-order chi connectivity index (χ1) is 17.7. The van der Waals surface area contributed by atoms with Gasteiger partial charge in [-0.1, -0.05) is 13.3 Å². The van der Waals surface area contributed by atoms with Crippen LogP contribution in [0.2, 0.25) is 0 Å². The van der Waals surface area contributed by atoms with Crippen molar-refractivity contribution in [1.82, 2.24) is 14.8 Å². The van der Waals surface area contributed by atoms with Crippen molar-refractivity contribution >= 4 is 5.69 Å². The van der Waals surface area contributed by atoms with Gasteiger partial charge in [-0.2, -0.15) is 23.0 Å². The predicted molar refractivity (Wildman–Crippen MR) is 136 cm³/mol. The number of nitrogens with zero attached hydrogens (tertiary/aromatic N) is 4. The lowest BCUT2D eigenvalue weighted by molar-refractivity contribution is -0.137. The molecule has 2 aromatic heterocycles. The van der Waals surface area contributed by atoms with E-state index in [9.17, 15) is 18.0 Å². The maximum atomic E-state index is 14.1. The molecule has 0 atom stereocenters. The summed E-state index contributed by atoms with van der Waals surface area (Å²) in [4.78, 5) is 19.5. The van der Waals surface area contributed by atoms with E-state index < -0.39 is 17.3 Å². The Hall–Kier alpha value is -3.88. The fourth-order valence-electron chi connectivity index (χ4n) is 4.84. The lowest BCUT2D eigenvalue weighted by atomic mass is 10.0. The van der Waals surface area contributed by atoms with Crippen molar-refractivity contribution in [3.8, 4) is 28.3 Å². The minimum Gasteiger partial charge on any atom is -0.444 e. The van der Waals surface area contributed by atoms with Gasteiger partial charge in [0.1, 0.15) is 0 Å². The molecule has 9 heteroatoms. The first-order valence-electron chi connectivity index (χ1n) is 12.4. The van der Waals surface area contributed by atoms with Crippen molar-refractivity contribution in [2.24, 2.45) is 0 Å². The Kier molecular flexibility index (Phi) is 6.62. The summed E-state index contributed by atoms with van der Waals surface area (Å²) in [5.41, 5.74) is 2.12. The molecular formula is C28H27F3N4O2. The van der Waals surface area contributed by atoms with E-state index >= 15 is 0 Å². The molecule has 1 fully saturated rings. The Morgan fingerprint density at radius 2 is 1.78 bits per heavy atom. The molecule has 0 saturated carbocycles. The number of benzene rings is 2. The van der Waals surface area contributed by atoms with Gasteiger partial charge in [0.2, 0.25) is 0 Å². The lowest BCUT2D eigenvalue weighted by Crippen LogP contribution is -2.28. The summed E-state index contributed by atoms with van der Waals surface area (Å²) in [7, 11) is 0. The molecule has 4 aromatic rings. The minimum absolute atomic E-state index is 0.260.